The van der Waals surface area contributed by atoms with E-state index in [1.165, 1.54) is 11.1 Å². The Kier molecular flexibility index (Phi) is 6.84. The first kappa shape index (κ1) is 17.7. The molecule has 0 radical (unpaired) electrons. The van der Waals surface area contributed by atoms with Gasteiger partial charge in [0.25, 0.3) is 0 Å². The maximum absolute atomic E-state index is 11.8. The van der Waals surface area contributed by atoms with E-state index in [9.17, 15) is 13.2 Å². The Balaban J connectivity index is 2.52. The number of nitrogens with zero attached hydrogens (tertiary/aromatic N) is 1. The first-order valence-corrected chi connectivity index (χ1v) is 8.91. The lowest BCUT2D eigenvalue weighted by Gasteiger charge is -2.20. The third kappa shape index (κ3) is 7.24. The third-order valence-corrected chi connectivity index (χ3v) is 4.94. The Morgan fingerprint density at radius 1 is 1.29 bits per heavy atom. The molecule has 21 heavy (non-hydrogen) atoms. The van der Waals surface area contributed by atoms with Gasteiger partial charge in [-0.3, -0.25) is 9.69 Å². The van der Waals surface area contributed by atoms with Crippen molar-refractivity contribution in [2.45, 2.75) is 26.8 Å². The van der Waals surface area contributed by atoms with Gasteiger partial charge >= 0.3 is 0 Å². The summed E-state index contributed by atoms with van der Waals surface area (Å²) in [5.41, 5.74) is 7.35. The molecule has 0 aliphatic heterocycles. The maximum atomic E-state index is 11.8. The molecule has 0 aromatic heterocycles. The predicted molar refractivity (Wildman–Crippen MR) is 84.6 cm³/mol. The number of hydrogen-bond acceptors (Lipinski definition) is 4. The Morgan fingerprint density at radius 3 is 2.57 bits per heavy atom. The van der Waals surface area contributed by atoms with Crippen LogP contribution in [0.4, 0.5) is 0 Å². The standard InChI is InChI=1S/C15H24N2O3S/c1-3-17(12-14-6-4-5-13(2)11-14)8-10-21(19,20)9-7-15(16)18/h4-6,11H,3,7-10,12H2,1-2H3,(H2,16,18). The Labute approximate surface area is 127 Å². The Hall–Kier alpha value is -1.40. The number of aryl methyl sites for hydroxylation is 1. The van der Waals surface area contributed by atoms with Crippen molar-refractivity contribution in [3.63, 3.8) is 0 Å². The molecule has 0 fully saturated rings. The van der Waals surface area contributed by atoms with Crippen LogP contribution >= 0.6 is 0 Å². The number of nitrogens with two attached hydrogens (primary N) is 1. The smallest absolute Gasteiger partial charge is 0.218 e. The van der Waals surface area contributed by atoms with E-state index in [1.54, 1.807) is 0 Å². The molecule has 1 aromatic rings. The van der Waals surface area contributed by atoms with E-state index in [4.69, 9.17) is 5.73 Å². The van der Waals surface area contributed by atoms with Crippen molar-refractivity contribution in [3.05, 3.63) is 35.4 Å². The zero-order valence-corrected chi connectivity index (χ0v) is 13.5. The molecule has 5 nitrogen and oxygen atoms in total. The molecule has 1 rings (SSSR count). The van der Waals surface area contributed by atoms with Crippen LogP contribution in [0.3, 0.4) is 0 Å². The first-order chi connectivity index (χ1) is 9.82. The van der Waals surface area contributed by atoms with Gasteiger partial charge < -0.3 is 5.73 Å². The summed E-state index contributed by atoms with van der Waals surface area (Å²) in [4.78, 5) is 12.7. The topological polar surface area (TPSA) is 80.5 Å². The first-order valence-electron chi connectivity index (χ1n) is 7.09. The van der Waals surface area contributed by atoms with Crippen LogP contribution in [0, 0.1) is 6.92 Å². The van der Waals surface area contributed by atoms with Crippen LogP contribution in [0.15, 0.2) is 24.3 Å². The molecule has 0 saturated heterocycles. The summed E-state index contributed by atoms with van der Waals surface area (Å²) in [5, 5.41) is 0. The number of hydrogen-bond donors (Lipinski definition) is 1. The van der Waals surface area contributed by atoms with Gasteiger partial charge in [0.2, 0.25) is 5.91 Å². The van der Waals surface area contributed by atoms with Crippen LogP contribution in [-0.4, -0.2) is 43.8 Å². The van der Waals surface area contributed by atoms with Gasteiger partial charge in [-0.05, 0) is 19.0 Å². The SMILES string of the molecule is CCN(CCS(=O)(=O)CCC(N)=O)Cc1cccc(C)c1. The number of carbonyl (C=O) groups is 1. The molecular formula is C15H24N2O3S. The van der Waals surface area contributed by atoms with E-state index in [2.05, 4.69) is 11.0 Å². The van der Waals surface area contributed by atoms with Crippen LogP contribution in [-0.2, 0) is 21.2 Å². The molecule has 0 unspecified atom stereocenters. The van der Waals surface area contributed by atoms with Crippen molar-refractivity contribution >= 4 is 15.7 Å². The minimum Gasteiger partial charge on any atom is -0.370 e. The van der Waals surface area contributed by atoms with Crippen molar-refractivity contribution in [2.24, 2.45) is 5.73 Å². The maximum Gasteiger partial charge on any atom is 0.218 e. The second-order valence-electron chi connectivity index (χ2n) is 5.23. The molecule has 0 aliphatic carbocycles. The van der Waals surface area contributed by atoms with Gasteiger partial charge in [-0.2, -0.15) is 0 Å². The minimum atomic E-state index is -3.22. The summed E-state index contributed by atoms with van der Waals surface area (Å²) >= 11 is 0. The molecule has 1 aromatic carbocycles. The summed E-state index contributed by atoms with van der Waals surface area (Å²) in [5.74, 6) is -0.685. The van der Waals surface area contributed by atoms with Crippen molar-refractivity contribution in [1.29, 1.82) is 0 Å². The van der Waals surface area contributed by atoms with Crippen LogP contribution in [0.1, 0.15) is 24.5 Å². The number of amides is 1. The fourth-order valence-corrected chi connectivity index (χ4v) is 3.30. The van der Waals surface area contributed by atoms with Gasteiger partial charge in [0.05, 0.1) is 11.5 Å². The molecule has 0 aliphatic rings. The lowest BCUT2D eigenvalue weighted by molar-refractivity contribution is -0.117. The van der Waals surface area contributed by atoms with E-state index in [1.807, 2.05) is 32.0 Å². The minimum absolute atomic E-state index is 0.0555. The second-order valence-corrected chi connectivity index (χ2v) is 7.53. The van der Waals surface area contributed by atoms with E-state index in [0.717, 1.165) is 13.1 Å². The number of primary amides is 1. The number of benzene rings is 1. The molecular weight excluding hydrogens is 288 g/mol. The average molecular weight is 312 g/mol. The van der Waals surface area contributed by atoms with Crippen molar-refractivity contribution in [2.75, 3.05) is 24.6 Å². The highest BCUT2D eigenvalue weighted by Crippen LogP contribution is 2.08. The molecule has 0 heterocycles. The van der Waals surface area contributed by atoms with Gasteiger partial charge in [0.1, 0.15) is 0 Å². The molecule has 1 amide bonds. The molecule has 0 atom stereocenters. The van der Waals surface area contributed by atoms with Crippen molar-refractivity contribution < 1.29 is 13.2 Å². The second kappa shape index (κ2) is 8.14. The summed E-state index contributed by atoms with van der Waals surface area (Å²) in [7, 11) is -3.22. The fourth-order valence-electron chi connectivity index (χ4n) is 2.04. The fraction of sp³-hybridized carbons (Fsp3) is 0.533. The molecule has 6 heteroatoms. The van der Waals surface area contributed by atoms with Gasteiger partial charge in [-0.1, -0.05) is 36.8 Å². The average Bonchev–Trinajstić information content (AvgIpc) is 2.41. The summed E-state index contributed by atoms with van der Waals surface area (Å²) in [6.07, 6.45) is -0.105. The highest BCUT2D eigenvalue weighted by Gasteiger charge is 2.14. The Morgan fingerprint density at radius 2 is 2.00 bits per heavy atom. The highest BCUT2D eigenvalue weighted by atomic mass is 32.2. The van der Waals surface area contributed by atoms with E-state index in [0.29, 0.717) is 6.54 Å². The molecule has 2 N–H and O–H groups in total. The highest BCUT2D eigenvalue weighted by molar-refractivity contribution is 7.91. The molecule has 0 saturated carbocycles. The van der Waals surface area contributed by atoms with Gasteiger partial charge in [0, 0.05) is 19.5 Å². The van der Waals surface area contributed by atoms with Gasteiger partial charge in [-0.15, -0.1) is 0 Å². The molecule has 0 spiro atoms. The summed E-state index contributed by atoms with van der Waals surface area (Å²) in [6.45, 7) is 6.01. The van der Waals surface area contributed by atoms with Crippen molar-refractivity contribution in [1.82, 2.24) is 4.90 Å². The largest absolute Gasteiger partial charge is 0.370 e. The quantitative estimate of drug-likeness (QED) is 0.740. The van der Waals surface area contributed by atoms with Crippen LogP contribution in [0.25, 0.3) is 0 Å². The summed E-state index contributed by atoms with van der Waals surface area (Å²) in [6, 6.07) is 8.18. The number of carbonyl (C=O) groups excluding carboxylic acids is 1. The van der Waals surface area contributed by atoms with Crippen LogP contribution in [0.2, 0.25) is 0 Å². The Bertz CT molecular complexity index is 570. The zero-order valence-electron chi connectivity index (χ0n) is 12.7. The number of sulfone groups is 1. The molecule has 0 bridgehead atoms. The zero-order chi connectivity index (χ0) is 15.9. The normalized spacial score (nSPS) is 11.8. The van der Waals surface area contributed by atoms with E-state index in [-0.39, 0.29) is 17.9 Å². The predicted octanol–water partition coefficient (Wildman–Crippen LogP) is 1.11. The van der Waals surface area contributed by atoms with Gasteiger partial charge in [-0.25, -0.2) is 8.42 Å². The lowest BCUT2D eigenvalue weighted by Crippen LogP contribution is -2.30. The summed E-state index contributed by atoms with van der Waals surface area (Å²) < 4.78 is 23.7. The molecule has 118 valence electrons. The van der Waals surface area contributed by atoms with E-state index < -0.39 is 15.7 Å². The van der Waals surface area contributed by atoms with E-state index >= 15 is 0 Å². The lowest BCUT2D eigenvalue weighted by atomic mass is 10.1. The van der Waals surface area contributed by atoms with Crippen LogP contribution in [0.5, 0.6) is 0 Å². The monoisotopic (exact) mass is 312 g/mol. The van der Waals surface area contributed by atoms with Crippen molar-refractivity contribution in [3.8, 4) is 0 Å². The number of rotatable bonds is 9. The van der Waals surface area contributed by atoms with Gasteiger partial charge in [0.15, 0.2) is 9.84 Å². The van der Waals surface area contributed by atoms with Crippen LogP contribution < -0.4 is 5.73 Å². The third-order valence-electron chi connectivity index (χ3n) is 3.31.